The first kappa shape index (κ1) is 15.0. The zero-order chi connectivity index (χ0) is 14.9. The van der Waals surface area contributed by atoms with Crippen molar-refractivity contribution in [3.05, 3.63) is 30.0 Å². The van der Waals surface area contributed by atoms with E-state index in [2.05, 4.69) is 62.4 Å². The van der Waals surface area contributed by atoms with Crippen LogP contribution >= 0.6 is 0 Å². The zero-order valence-electron chi connectivity index (χ0n) is 13.4. The second-order valence-electron chi connectivity index (χ2n) is 6.18. The first-order chi connectivity index (χ1) is 9.37. The first-order valence-electron chi connectivity index (χ1n) is 7.13. The molecule has 0 aliphatic heterocycles. The fraction of sp³-hybridized carbons (Fsp3) is 0.562. The van der Waals surface area contributed by atoms with Gasteiger partial charge in [-0.2, -0.15) is 5.10 Å². The number of benzene rings is 1. The van der Waals surface area contributed by atoms with Crippen molar-refractivity contribution in [2.75, 3.05) is 21.1 Å². The molecule has 0 bridgehead atoms. The van der Waals surface area contributed by atoms with Crippen LogP contribution in [0.1, 0.15) is 19.5 Å². The Labute approximate surface area is 121 Å². The van der Waals surface area contributed by atoms with Gasteiger partial charge in [0.1, 0.15) is 0 Å². The van der Waals surface area contributed by atoms with Gasteiger partial charge in [0, 0.05) is 30.4 Å². The summed E-state index contributed by atoms with van der Waals surface area (Å²) >= 11 is 0. The summed E-state index contributed by atoms with van der Waals surface area (Å²) in [6.45, 7) is 4.53. The maximum atomic E-state index is 4.71. The Kier molecular flexibility index (Phi) is 4.16. The molecule has 1 aromatic heterocycles. The fourth-order valence-corrected chi connectivity index (χ4v) is 2.65. The molecule has 2 rings (SSSR count). The molecule has 2 aromatic rings. The molecule has 1 N–H and O–H groups in total. The summed E-state index contributed by atoms with van der Waals surface area (Å²) in [5.74, 6) is 0. The van der Waals surface area contributed by atoms with E-state index in [0.717, 1.165) is 12.1 Å². The van der Waals surface area contributed by atoms with Crippen LogP contribution in [-0.4, -0.2) is 47.4 Å². The minimum Gasteiger partial charge on any atom is -0.315 e. The lowest BCUT2D eigenvalue weighted by molar-refractivity contribution is 0.141. The lowest BCUT2D eigenvalue weighted by Crippen LogP contribution is -2.55. The van der Waals surface area contributed by atoms with Crippen molar-refractivity contribution in [1.29, 1.82) is 0 Å². The lowest BCUT2D eigenvalue weighted by Gasteiger charge is -2.40. The van der Waals surface area contributed by atoms with E-state index in [1.165, 1.54) is 10.9 Å². The minimum absolute atomic E-state index is 0.0629. The predicted molar refractivity (Wildman–Crippen MR) is 85.0 cm³/mol. The second kappa shape index (κ2) is 5.54. The fourth-order valence-electron chi connectivity index (χ4n) is 2.65. The molecule has 0 aliphatic carbocycles. The van der Waals surface area contributed by atoms with Crippen molar-refractivity contribution in [2.45, 2.75) is 31.8 Å². The summed E-state index contributed by atoms with van der Waals surface area (Å²) in [4.78, 5) is 2.26. The predicted octanol–water partition coefficient (Wildman–Crippen LogP) is 2.04. The normalized spacial score (nSPS) is 14.2. The van der Waals surface area contributed by atoms with Crippen LogP contribution in [0, 0.1) is 0 Å². The molecule has 0 aliphatic rings. The number of aromatic nitrogens is 2. The summed E-state index contributed by atoms with van der Waals surface area (Å²) in [6.07, 6.45) is 0.920. The molecular formula is C16H26N4. The Bertz CT molecular complexity index is 583. The van der Waals surface area contributed by atoms with Crippen LogP contribution in [0.5, 0.6) is 0 Å². The van der Waals surface area contributed by atoms with Gasteiger partial charge in [0.05, 0.1) is 11.2 Å². The SMILES string of the molecule is CNC(Cc1nn(C)c2ccccc12)C(C)(C)N(C)C. The van der Waals surface area contributed by atoms with Crippen molar-refractivity contribution >= 4 is 10.9 Å². The maximum absolute atomic E-state index is 4.71. The smallest absolute Gasteiger partial charge is 0.0719 e. The summed E-state index contributed by atoms with van der Waals surface area (Å²) < 4.78 is 1.97. The summed E-state index contributed by atoms with van der Waals surface area (Å²) in [6, 6.07) is 8.77. The summed E-state index contributed by atoms with van der Waals surface area (Å²) in [5, 5.41) is 9.42. The number of para-hydroxylation sites is 1. The largest absolute Gasteiger partial charge is 0.315 e. The van der Waals surface area contributed by atoms with Crippen molar-refractivity contribution < 1.29 is 0 Å². The number of aryl methyl sites for hydroxylation is 1. The highest BCUT2D eigenvalue weighted by molar-refractivity contribution is 5.81. The molecule has 0 radical (unpaired) electrons. The summed E-state index contributed by atoms with van der Waals surface area (Å²) in [5.41, 5.74) is 2.42. The molecular weight excluding hydrogens is 248 g/mol. The third kappa shape index (κ3) is 2.58. The minimum atomic E-state index is 0.0629. The Morgan fingerprint density at radius 1 is 1.30 bits per heavy atom. The lowest BCUT2D eigenvalue weighted by atomic mass is 9.89. The number of likely N-dealkylation sites (N-methyl/N-ethyl adjacent to an activating group) is 2. The van der Waals surface area contributed by atoms with E-state index in [1.54, 1.807) is 0 Å². The van der Waals surface area contributed by atoms with Gasteiger partial charge >= 0.3 is 0 Å². The molecule has 0 fully saturated rings. The molecule has 1 aromatic carbocycles. The zero-order valence-corrected chi connectivity index (χ0v) is 13.4. The van der Waals surface area contributed by atoms with E-state index in [-0.39, 0.29) is 5.54 Å². The number of nitrogens with one attached hydrogen (secondary N) is 1. The molecule has 0 amide bonds. The molecule has 0 spiro atoms. The number of fused-ring (bicyclic) bond motifs is 1. The van der Waals surface area contributed by atoms with Crippen LogP contribution in [0.15, 0.2) is 24.3 Å². The van der Waals surface area contributed by atoms with Crippen molar-refractivity contribution in [3.8, 4) is 0 Å². The number of nitrogens with zero attached hydrogens (tertiary/aromatic N) is 3. The van der Waals surface area contributed by atoms with Gasteiger partial charge in [0.25, 0.3) is 0 Å². The number of hydrogen-bond donors (Lipinski definition) is 1. The van der Waals surface area contributed by atoms with Gasteiger partial charge in [-0.25, -0.2) is 0 Å². The van der Waals surface area contributed by atoms with Gasteiger partial charge in [-0.3, -0.25) is 4.68 Å². The molecule has 1 heterocycles. The molecule has 4 nitrogen and oxygen atoms in total. The van der Waals surface area contributed by atoms with Gasteiger partial charge in [0.15, 0.2) is 0 Å². The maximum Gasteiger partial charge on any atom is 0.0719 e. The van der Waals surface area contributed by atoms with Crippen LogP contribution in [0.4, 0.5) is 0 Å². The van der Waals surface area contributed by atoms with Gasteiger partial charge < -0.3 is 10.2 Å². The molecule has 1 atom stereocenters. The van der Waals surface area contributed by atoms with Crippen LogP contribution in [0.2, 0.25) is 0 Å². The molecule has 1 unspecified atom stereocenters. The quantitative estimate of drug-likeness (QED) is 0.906. The Morgan fingerprint density at radius 3 is 2.55 bits per heavy atom. The Morgan fingerprint density at radius 2 is 1.95 bits per heavy atom. The molecule has 0 saturated heterocycles. The van der Waals surface area contributed by atoms with E-state index >= 15 is 0 Å². The van der Waals surface area contributed by atoms with Crippen LogP contribution in [0.25, 0.3) is 10.9 Å². The highest BCUT2D eigenvalue weighted by Crippen LogP contribution is 2.23. The second-order valence-corrected chi connectivity index (χ2v) is 6.18. The van der Waals surface area contributed by atoms with E-state index in [9.17, 15) is 0 Å². The van der Waals surface area contributed by atoms with Crippen LogP contribution < -0.4 is 5.32 Å². The van der Waals surface area contributed by atoms with Crippen molar-refractivity contribution in [2.24, 2.45) is 7.05 Å². The van der Waals surface area contributed by atoms with Gasteiger partial charge in [-0.05, 0) is 41.1 Å². The third-order valence-electron chi connectivity index (χ3n) is 4.59. The first-order valence-corrected chi connectivity index (χ1v) is 7.13. The molecule has 20 heavy (non-hydrogen) atoms. The van der Waals surface area contributed by atoms with Gasteiger partial charge in [-0.15, -0.1) is 0 Å². The van der Waals surface area contributed by atoms with Crippen molar-refractivity contribution in [1.82, 2.24) is 20.0 Å². The average Bonchev–Trinajstić information content (AvgIpc) is 2.73. The van der Waals surface area contributed by atoms with Gasteiger partial charge in [-0.1, -0.05) is 18.2 Å². The van der Waals surface area contributed by atoms with Crippen molar-refractivity contribution in [3.63, 3.8) is 0 Å². The van der Waals surface area contributed by atoms with E-state index < -0.39 is 0 Å². The van der Waals surface area contributed by atoms with E-state index in [4.69, 9.17) is 5.10 Å². The Hall–Kier alpha value is -1.39. The number of rotatable bonds is 5. The van der Waals surface area contributed by atoms with Crippen LogP contribution in [-0.2, 0) is 13.5 Å². The molecule has 0 saturated carbocycles. The molecule has 4 heteroatoms. The standard InChI is InChI=1S/C16H26N4/c1-16(2,19(4)5)15(17-3)11-13-12-9-7-8-10-14(12)20(6)18-13/h7-10,15,17H,11H2,1-6H3. The average molecular weight is 274 g/mol. The Balaban J connectivity index is 2.36. The summed E-state index contributed by atoms with van der Waals surface area (Å²) in [7, 11) is 8.29. The monoisotopic (exact) mass is 274 g/mol. The third-order valence-corrected chi connectivity index (χ3v) is 4.59. The molecule has 110 valence electrons. The van der Waals surface area contributed by atoms with Gasteiger partial charge in [0.2, 0.25) is 0 Å². The topological polar surface area (TPSA) is 33.1 Å². The number of hydrogen-bond acceptors (Lipinski definition) is 3. The van der Waals surface area contributed by atoms with E-state index in [1.807, 2.05) is 18.8 Å². The van der Waals surface area contributed by atoms with E-state index in [0.29, 0.717) is 6.04 Å². The highest BCUT2D eigenvalue weighted by atomic mass is 15.3. The van der Waals surface area contributed by atoms with Crippen LogP contribution in [0.3, 0.4) is 0 Å². The highest BCUT2D eigenvalue weighted by Gasteiger charge is 2.31.